The van der Waals surface area contributed by atoms with Crippen LogP contribution in [0.3, 0.4) is 0 Å². The monoisotopic (exact) mass is 238 g/mol. The van der Waals surface area contributed by atoms with Gasteiger partial charge in [0.15, 0.2) is 0 Å². The lowest BCUT2D eigenvalue weighted by molar-refractivity contribution is -0.156. The van der Waals surface area contributed by atoms with Gasteiger partial charge < -0.3 is 9.47 Å². The molecule has 4 fully saturated rings. The van der Waals surface area contributed by atoms with Gasteiger partial charge in [-0.3, -0.25) is 9.59 Å². The molecule has 0 aromatic rings. The van der Waals surface area contributed by atoms with Crippen molar-refractivity contribution in [2.45, 2.75) is 38.7 Å². The zero-order valence-corrected chi connectivity index (χ0v) is 10.1. The van der Waals surface area contributed by atoms with Crippen LogP contribution in [0.1, 0.15) is 32.6 Å². The smallest absolute Gasteiger partial charge is 0.309 e. The van der Waals surface area contributed by atoms with Crippen LogP contribution >= 0.6 is 0 Å². The van der Waals surface area contributed by atoms with Crippen molar-refractivity contribution in [2.75, 3.05) is 6.61 Å². The summed E-state index contributed by atoms with van der Waals surface area (Å²) in [5.41, 5.74) is 0. The summed E-state index contributed by atoms with van der Waals surface area (Å²) >= 11 is 0. The Morgan fingerprint density at radius 3 is 2.94 bits per heavy atom. The highest BCUT2D eigenvalue weighted by Crippen LogP contribution is 2.49. The van der Waals surface area contributed by atoms with Crippen molar-refractivity contribution in [2.24, 2.45) is 23.7 Å². The molecule has 4 aliphatic rings. The van der Waals surface area contributed by atoms with E-state index in [1.54, 1.807) is 0 Å². The van der Waals surface area contributed by atoms with Gasteiger partial charge in [0.25, 0.3) is 0 Å². The topological polar surface area (TPSA) is 52.6 Å². The fourth-order valence-corrected chi connectivity index (χ4v) is 3.86. The molecule has 4 rings (SSSR count). The van der Waals surface area contributed by atoms with E-state index in [-0.39, 0.29) is 29.9 Å². The molecule has 4 nitrogen and oxygen atoms in total. The first kappa shape index (κ1) is 11.1. The van der Waals surface area contributed by atoms with Gasteiger partial charge in [-0.2, -0.15) is 0 Å². The molecule has 0 aromatic carbocycles. The molecule has 4 bridgehead atoms. The van der Waals surface area contributed by atoms with Crippen LogP contribution in [0.5, 0.6) is 0 Å². The van der Waals surface area contributed by atoms with Crippen LogP contribution in [-0.4, -0.2) is 24.6 Å². The fraction of sp³-hybridized carbons (Fsp3) is 0.846. The second-order valence-electron chi connectivity index (χ2n) is 5.71. The fourth-order valence-electron chi connectivity index (χ4n) is 3.86. The van der Waals surface area contributed by atoms with E-state index in [9.17, 15) is 9.59 Å². The number of carbonyl (C=O) groups is 2. The van der Waals surface area contributed by atoms with Crippen molar-refractivity contribution in [3.8, 4) is 0 Å². The number of ether oxygens (including phenoxy) is 2. The minimum atomic E-state index is -0.246. The molecule has 2 aliphatic carbocycles. The van der Waals surface area contributed by atoms with Crippen LogP contribution in [0, 0.1) is 23.7 Å². The summed E-state index contributed by atoms with van der Waals surface area (Å²) < 4.78 is 10.7. The number of esters is 2. The Morgan fingerprint density at radius 2 is 2.18 bits per heavy atom. The molecule has 0 radical (unpaired) electrons. The van der Waals surface area contributed by atoms with E-state index in [1.165, 1.54) is 13.3 Å². The number of carbonyl (C=O) groups excluding carboxylic acids is 2. The molecule has 2 saturated carbocycles. The summed E-state index contributed by atoms with van der Waals surface area (Å²) in [6.07, 6.45) is 4.06. The summed E-state index contributed by atoms with van der Waals surface area (Å²) in [5, 5.41) is 0. The summed E-state index contributed by atoms with van der Waals surface area (Å²) in [4.78, 5) is 22.7. The summed E-state index contributed by atoms with van der Waals surface area (Å²) in [5.74, 6) is 1.21. The SMILES string of the molecule is CC(=O)OCC1C2CC3CC(C2)C(=O)OC1C3. The van der Waals surface area contributed by atoms with E-state index >= 15 is 0 Å². The van der Waals surface area contributed by atoms with E-state index in [4.69, 9.17) is 9.47 Å². The lowest BCUT2D eigenvalue weighted by atomic mass is 9.64. The maximum Gasteiger partial charge on any atom is 0.309 e. The predicted molar refractivity (Wildman–Crippen MR) is 58.9 cm³/mol. The van der Waals surface area contributed by atoms with Crippen molar-refractivity contribution in [1.82, 2.24) is 0 Å². The lowest BCUT2D eigenvalue weighted by Crippen LogP contribution is -2.41. The molecule has 94 valence electrons. The highest BCUT2D eigenvalue weighted by atomic mass is 16.6. The Kier molecular flexibility index (Phi) is 2.60. The second kappa shape index (κ2) is 4.00. The predicted octanol–water partition coefficient (Wildman–Crippen LogP) is 1.53. The van der Waals surface area contributed by atoms with Gasteiger partial charge in [-0.15, -0.1) is 0 Å². The van der Waals surface area contributed by atoms with E-state index in [0.717, 1.165) is 19.3 Å². The second-order valence-corrected chi connectivity index (χ2v) is 5.71. The van der Waals surface area contributed by atoms with E-state index in [1.807, 2.05) is 0 Å². The average molecular weight is 238 g/mol. The molecule has 2 aliphatic heterocycles. The van der Waals surface area contributed by atoms with Crippen LogP contribution in [-0.2, 0) is 19.1 Å². The summed E-state index contributed by atoms with van der Waals surface area (Å²) in [6.45, 7) is 1.84. The number of hydrogen-bond donors (Lipinski definition) is 0. The van der Waals surface area contributed by atoms with Crippen LogP contribution < -0.4 is 0 Å². The minimum absolute atomic E-state index is 0.0156. The van der Waals surface area contributed by atoms with E-state index < -0.39 is 0 Å². The van der Waals surface area contributed by atoms with Crippen LogP contribution in [0.15, 0.2) is 0 Å². The molecule has 17 heavy (non-hydrogen) atoms. The highest BCUT2D eigenvalue weighted by Gasteiger charge is 2.50. The van der Waals surface area contributed by atoms with Crippen molar-refractivity contribution < 1.29 is 19.1 Å². The van der Waals surface area contributed by atoms with Gasteiger partial charge in [-0.05, 0) is 37.5 Å². The molecule has 0 spiro atoms. The van der Waals surface area contributed by atoms with E-state index in [0.29, 0.717) is 18.4 Å². The third-order valence-corrected chi connectivity index (χ3v) is 4.57. The van der Waals surface area contributed by atoms with Crippen molar-refractivity contribution in [1.29, 1.82) is 0 Å². The van der Waals surface area contributed by atoms with Crippen LogP contribution in [0.2, 0.25) is 0 Å². The average Bonchev–Trinajstić information content (AvgIpc) is 2.41. The molecule has 2 heterocycles. The lowest BCUT2D eigenvalue weighted by Gasteiger charge is -2.41. The first-order valence-electron chi connectivity index (χ1n) is 6.47. The number of rotatable bonds is 2. The minimum Gasteiger partial charge on any atom is -0.465 e. The third-order valence-electron chi connectivity index (χ3n) is 4.57. The maximum absolute atomic E-state index is 11.8. The van der Waals surface area contributed by atoms with Gasteiger partial charge in [0, 0.05) is 12.8 Å². The molecule has 0 aromatic heterocycles. The molecule has 0 N–H and O–H groups in total. The molecular weight excluding hydrogens is 220 g/mol. The van der Waals surface area contributed by atoms with Crippen LogP contribution in [0.4, 0.5) is 0 Å². The Balaban J connectivity index is 1.77. The molecule has 4 heteroatoms. The van der Waals surface area contributed by atoms with E-state index in [2.05, 4.69) is 0 Å². The number of hydrogen-bond acceptors (Lipinski definition) is 4. The molecule has 5 atom stereocenters. The Hall–Kier alpha value is -1.06. The zero-order chi connectivity index (χ0) is 12.0. The van der Waals surface area contributed by atoms with Gasteiger partial charge in [-0.1, -0.05) is 0 Å². The Bertz CT molecular complexity index is 351. The Labute approximate surface area is 101 Å². The van der Waals surface area contributed by atoms with Gasteiger partial charge in [-0.25, -0.2) is 0 Å². The number of fused-ring (bicyclic) bond motifs is 1. The first-order valence-corrected chi connectivity index (χ1v) is 6.47. The Morgan fingerprint density at radius 1 is 1.35 bits per heavy atom. The molecule has 2 saturated heterocycles. The normalized spacial score (nSPS) is 43.1. The van der Waals surface area contributed by atoms with Crippen molar-refractivity contribution >= 4 is 11.9 Å². The third kappa shape index (κ3) is 1.94. The standard InChI is InChI=1S/C13H18O4/c1-7(14)16-6-11-9-2-8-3-10(5-9)13(15)17-12(11)4-8/h8-12H,2-6H2,1H3. The zero-order valence-electron chi connectivity index (χ0n) is 10.1. The van der Waals surface area contributed by atoms with Gasteiger partial charge >= 0.3 is 11.9 Å². The largest absolute Gasteiger partial charge is 0.465 e. The molecule has 5 unspecified atom stereocenters. The maximum atomic E-state index is 11.8. The first-order chi connectivity index (χ1) is 8.13. The van der Waals surface area contributed by atoms with Gasteiger partial charge in [0.1, 0.15) is 6.10 Å². The quantitative estimate of drug-likeness (QED) is 0.684. The van der Waals surface area contributed by atoms with Gasteiger partial charge in [0.2, 0.25) is 0 Å². The summed E-state index contributed by atoms with van der Waals surface area (Å²) in [6, 6.07) is 0. The van der Waals surface area contributed by atoms with Crippen molar-refractivity contribution in [3.05, 3.63) is 0 Å². The molecular formula is C13H18O4. The highest BCUT2D eigenvalue weighted by molar-refractivity contribution is 5.73. The van der Waals surface area contributed by atoms with Gasteiger partial charge in [0.05, 0.1) is 12.5 Å². The molecule has 0 amide bonds. The van der Waals surface area contributed by atoms with Crippen molar-refractivity contribution in [3.63, 3.8) is 0 Å². The summed E-state index contributed by atoms with van der Waals surface area (Å²) in [7, 11) is 0. The van der Waals surface area contributed by atoms with Crippen LogP contribution in [0.25, 0.3) is 0 Å².